The van der Waals surface area contributed by atoms with Crippen molar-refractivity contribution in [2.45, 2.75) is 13.8 Å². The molecule has 1 aromatic carbocycles. The van der Waals surface area contributed by atoms with Gasteiger partial charge in [0.2, 0.25) is 0 Å². The van der Waals surface area contributed by atoms with Crippen LogP contribution in [0.1, 0.15) is 34.6 Å². The summed E-state index contributed by atoms with van der Waals surface area (Å²) in [5.74, 6) is -2.67. The van der Waals surface area contributed by atoms with Crippen LogP contribution in [0, 0.1) is 0 Å². The van der Waals surface area contributed by atoms with Crippen LogP contribution in [-0.2, 0) is 4.74 Å². The Kier molecular flexibility index (Phi) is 7.38. The van der Waals surface area contributed by atoms with Crippen molar-refractivity contribution in [1.82, 2.24) is 0 Å². The molecule has 17 heavy (non-hydrogen) atoms. The van der Waals surface area contributed by atoms with Crippen molar-refractivity contribution < 1.29 is 24.5 Å². The summed E-state index contributed by atoms with van der Waals surface area (Å²) in [5, 5.41) is 20.4. The molecule has 0 aromatic heterocycles. The minimum Gasteiger partial charge on any atom is -0.545 e. The Morgan fingerprint density at radius 3 is 1.35 bits per heavy atom. The molecule has 0 heterocycles. The van der Waals surface area contributed by atoms with Gasteiger partial charge < -0.3 is 24.5 Å². The standard InChI is InChI=1S/C8H6O4.C4H10O/c9-7(10)5-1-2-6(4-3-5)8(11)12;1-3-5-4-2/h1-4H,(H,9,10)(H,11,12);3-4H2,1-2H3/p-2. The van der Waals surface area contributed by atoms with Gasteiger partial charge in [0, 0.05) is 13.2 Å². The highest BCUT2D eigenvalue weighted by atomic mass is 16.5. The van der Waals surface area contributed by atoms with Gasteiger partial charge in [0.1, 0.15) is 0 Å². The molecule has 0 unspecified atom stereocenters. The van der Waals surface area contributed by atoms with E-state index in [0.29, 0.717) is 0 Å². The van der Waals surface area contributed by atoms with Crippen LogP contribution in [0.5, 0.6) is 0 Å². The fraction of sp³-hybridized carbons (Fsp3) is 0.333. The van der Waals surface area contributed by atoms with E-state index in [-0.39, 0.29) is 11.1 Å². The first kappa shape index (κ1) is 15.1. The second-order valence-electron chi connectivity index (χ2n) is 2.93. The van der Waals surface area contributed by atoms with E-state index in [0.717, 1.165) is 37.5 Å². The van der Waals surface area contributed by atoms with Crippen LogP contribution in [0.2, 0.25) is 0 Å². The molecule has 0 spiro atoms. The zero-order valence-electron chi connectivity index (χ0n) is 9.76. The Balaban J connectivity index is 0.000000437. The molecule has 0 fully saturated rings. The number of carboxylic acids is 2. The summed E-state index contributed by atoms with van der Waals surface area (Å²) in [4.78, 5) is 20.4. The molecule has 0 bridgehead atoms. The van der Waals surface area contributed by atoms with Crippen molar-refractivity contribution in [1.29, 1.82) is 0 Å². The molecular weight excluding hydrogens is 224 g/mol. The lowest BCUT2D eigenvalue weighted by molar-refractivity contribution is -0.256. The molecule has 1 aromatic rings. The normalized spacial score (nSPS) is 9.06. The van der Waals surface area contributed by atoms with Gasteiger partial charge in [-0.05, 0) is 25.0 Å². The number of rotatable bonds is 4. The van der Waals surface area contributed by atoms with Gasteiger partial charge in [-0.15, -0.1) is 0 Å². The van der Waals surface area contributed by atoms with E-state index in [1.54, 1.807) is 0 Å². The van der Waals surface area contributed by atoms with Crippen LogP contribution in [0.3, 0.4) is 0 Å². The maximum Gasteiger partial charge on any atom is 0.0715 e. The van der Waals surface area contributed by atoms with Crippen molar-refractivity contribution in [2.75, 3.05) is 13.2 Å². The van der Waals surface area contributed by atoms with Gasteiger partial charge >= 0.3 is 0 Å². The third-order valence-corrected chi connectivity index (χ3v) is 1.76. The Bertz CT molecular complexity index is 321. The van der Waals surface area contributed by atoms with Gasteiger partial charge in [-0.2, -0.15) is 0 Å². The fourth-order valence-electron chi connectivity index (χ4n) is 0.947. The number of carboxylic acid groups (broad SMARTS) is 2. The molecule has 0 radical (unpaired) electrons. The van der Waals surface area contributed by atoms with E-state index >= 15 is 0 Å². The van der Waals surface area contributed by atoms with Crippen LogP contribution >= 0.6 is 0 Å². The van der Waals surface area contributed by atoms with Crippen LogP contribution in [0.4, 0.5) is 0 Å². The van der Waals surface area contributed by atoms with Crippen molar-refractivity contribution >= 4 is 11.9 Å². The number of aromatic carboxylic acids is 2. The highest BCUT2D eigenvalue weighted by Crippen LogP contribution is 2.01. The number of benzene rings is 1. The minimum absolute atomic E-state index is 0.0556. The van der Waals surface area contributed by atoms with E-state index in [9.17, 15) is 19.8 Å². The fourth-order valence-corrected chi connectivity index (χ4v) is 0.947. The summed E-state index contributed by atoms with van der Waals surface area (Å²) in [6.45, 7) is 5.67. The van der Waals surface area contributed by atoms with Gasteiger partial charge in [-0.25, -0.2) is 0 Å². The largest absolute Gasteiger partial charge is 0.545 e. The molecule has 0 aliphatic rings. The second kappa shape index (κ2) is 8.29. The number of carbonyl (C=O) groups excluding carboxylic acids is 2. The van der Waals surface area contributed by atoms with E-state index in [1.807, 2.05) is 13.8 Å². The molecule has 0 saturated carbocycles. The zero-order valence-corrected chi connectivity index (χ0v) is 9.76. The molecule has 0 aliphatic heterocycles. The third kappa shape index (κ3) is 6.32. The first-order chi connectivity index (χ1) is 8.02. The summed E-state index contributed by atoms with van der Waals surface area (Å²) in [6, 6.07) is 4.61. The van der Waals surface area contributed by atoms with Gasteiger partial charge in [0.25, 0.3) is 0 Å². The Morgan fingerprint density at radius 1 is 0.941 bits per heavy atom. The molecular formula is C12H14O5-2. The molecule has 0 atom stereocenters. The minimum atomic E-state index is -1.33. The van der Waals surface area contributed by atoms with Crippen molar-refractivity contribution in [2.24, 2.45) is 0 Å². The maximum absolute atomic E-state index is 10.2. The summed E-state index contributed by atoms with van der Waals surface area (Å²) < 4.78 is 4.83. The lowest BCUT2D eigenvalue weighted by Crippen LogP contribution is -2.24. The predicted molar refractivity (Wildman–Crippen MR) is 57.3 cm³/mol. The Labute approximate surface area is 99.7 Å². The maximum atomic E-state index is 10.2. The molecule has 5 nitrogen and oxygen atoms in total. The number of ether oxygens (including phenoxy) is 1. The molecule has 1 rings (SSSR count). The summed E-state index contributed by atoms with van der Waals surface area (Å²) in [5.41, 5.74) is -0.111. The number of carbonyl (C=O) groups is 2. The highest BCUT2D eigenvalue weighted by molar-refractivity contribution is 5.89. The molecule has 5 heteroatoms. The first-order valence-corrected chi connectivity index (χ1v) is 5.13. The Morgan fingerprint density at radius 2 is 1.24 bits per heavy atom. The topological polar surface area (TPSA) is 89.5 Å². The quantitative estimate of drug-likeness (QED) is 0.702. The lowest BCUT2D eigenvalue weighted by Gasteiger charge is -2.04. The average Bonchev–Trinajstić information content (AvgIpc) is 2.31. The van der Waals surface area contributed by atoms with E-state index < -0.39 is 11.9 Å². The SMILES string of the molecule is CCOCC.O=C([O-])c1ccc(C(=O)[O-])cc1. The van der Waals surface area contributed by atoms with Gasteiger partial charge in [-0.3, -0.25) is 0 Å². The van der Waals surface area contributed by atoms with Crippen molar-refractivity contribution in [3.8, 4) is 0 Å². The van der Waals surface area contributed by atoms with Crippen LogP contribution in [-0.4, -0.2) is 25.2 Å². The monoisotopic (exact) mass is 238 g/mol. The first-order valence-electron chi connectivity index (χ1n) is 5.13. The predicted octanol–water partition coefficient (Wildman–Crippen LogP) is -0.544. The lowest BCUT2D eigenvalue weighted by atomic mass is 10.1. The van der Waals surface area contributed by atoms with E-state index in [2.05, 4.69) is 0 Å². The van der Waals surface area contributed by atoms with Gasteiger partial charge in [-0.1, -0.05) is 24.3 Å². The molecule has 0 amide bonds. The van der Waals surface area contributed by atoms with Crippen LogP contribution in [0.15, 0.2) is 24.3 Å². The van der Waals surface area contributed by atoms with Gasteiger partial charge in [0.05, 0.1) is 11.9 Å². The van der Waals surface area contributed by atoms with E-state index in [4.69, 9.17) is 4.74 Å². The van der Waals surface area contributed by atoms with E-state index in [1.165, 1.54) is 0 Å². The smallest absolute Gasteiger partial charge is 0.0715 e. The van der Waals surface area contributed by atoms with Gasteiger partial charge in [0.15, 0.2) is 0 Å². The van der Waals surface area contributed by atoms with Crippen LogP contribution < -0.4 is 10.2 Å². The average molecular weight is 238 g/mol. The van der Waals surface area contributed by atoms with Crippen LogP contribution in [0.25, 0.3) is 0 Å². The zero-order chi connectivity index (χ0) is 13.3. The summed E-state index contributed by atoms with van der Waals surface area (Å²) in [7, 11) is 0. The summed E-state index contributed by atoms with van der Waals surface area (Å²) in [6.07, 6.45) is 0. The highest BCUT2D eigenvalue weighted by Gasteiger charge is 1.94. The second-order valence-corrected chi connectivity index (χ2v) is 2.93. The Hall–Kier alpha value is -1.88. The molecule has 0 saturated heterocycles. The molecule has 94 valence electrons. The number of hydrogen-bond donors (Lipinski definition) is 0. The molecule has 0 aliphatic carbocycles. The van der Waals surface area contributed by atoms with Crippen molar-refractivity contribution in [3.05, 3.63) is 35.4 Å². The van der Waals surface area contributed by atoms with Crippen molar-refractivity contribution in [3.63, 3.8) is 0 Å². The third-order valence-electron chi connectivity index (χ3n) is 1.76. The summed E-state index contributed by atoms with van der Waals surface area (Å²) >= 11 is 0. The molecule has 0 N–H and O–H groups in total. The number of hydrogen-bond acceptors (Lipinski definition) is 5.